The molecule has 3 rings (SSSR count). The van der Waals surface area contributed by atoms with E-state index in [1.165, 1.54) is 0 Å². The molecule has 0 spiro atoms. The molecule has 2 aromatic carbocycles. The third-order valence-corrected chi connectivity index (χ3v) is 3.04. The van der Waals surface area contributed by atoms with Gasteiger partial charge in [0.05, 0.1) is 23.1 Å². The number of hydrogen-bond donors (Lipinski definition) is 2. The van der Waals surface area contributed by atoms with Gasteiger partial charge in [-0.25, -0.2) is 4.98 Å². The van der Waals surface area contributed by atoms with E-state index in [9.17, 15) is 5.11 Å². The zero-order chi connectivity index (χ0) is 14.7. The molecule has 0 bridgehead atoms. The Kier molecular flexibility index (Phi) is 3.66. The quantitative estimate of drug-likeness (QED) is 0.768. The third-order valence-electron chi connectivity index (χ3n) is 3.04. The Labute approximate surface area is 121 Å². The molecule has 5 heteroatoms. The van der Waals surface area contributed by atoms with Gasteiger partial charge in [-0.15, -0.1) is 0 Å². The van der Waals surface area contributed by atoms with E-state index >= 15 is 0 Å². The molecule has 3 aromatic rings. The number of para-hydroxylation sites is 2. The first-order valence-electron chi connectivity index (χ1n) is 6.58. The number of phenols is 1. The Morgan fingerprint density at radius 2 is 1.71 bits per heavy atom. The fraction of sp³-hybridized carbons (Fsp3) is 0.125. The summed E-state index contributed by atoms with van der Waals surface area (Å²) in [6, 6.07) is 14.3. The number of aromatic hydroxyl groups is 1. The van der Waals surface area contributed by atoms with Crippen molar-refractivity contribution in [3.63, 3.8) is 0 Å². The molecule has 0 unspecified atom stereocenters. The predicted octanol–water partition coefficient (Wildman–Crippen LogP) is 2.37. The number of fused-ring (bicyclic) bond motifs is 1. The average molecular weight is 282 g/mol. The number of hydrogen-bond acceptors (Lipinski definition) is 5. The molecule has 0 aliphatic carbocycles. The van der Waals surface area contributed by atoms with E-state index < -0.39 is 0 Å². The molecular weight excluding hydrogens is 268 g/mol. The fourth-order valence-electron chi connectivity index (χ4n) is 2.08. The van der Waals surface area contributed by atoms with Gasteiger partial charge in [0.15, 0.2) is 5.82 Å². The summed E-state index contributed by atoms with van der Waals surface area (Å²) in [7, 11) is 0. The van der Waals surface area contributed by atoms with E-state index in [0.717, 1.165) is 10.9 Å². The van der Waals surface area contributed by atoms with Crippen molar-refractivity contribution < 1.29 is 14.9 Å². The highest BCUT2D eigenvalue weighted by molar-refractivity contribution is 5.85. The Hall–Kier alpha value is -2.66. The van der Waals surface area contributed by atoms with Gasteiger partial charge >= 0.3 is 0 Å². The van der Waals surface area contributed by atoms with E-state index in [-0.39, 0.29) is 19.0 Å². The maximum atomic E-state index is 9.94. The zero-order valence-electron chi connectivity index (χ0n) is 11.2. The number of rotatable bonds is 4. The number of aliphatic hydroxyl groups is 1. The molecule has 0 fully saturated rings. The van der Waals surface area contributed by atoms with Crippen molar-refractivity contribution in [3.05, 3.63) is 48.5 Å². The minimum Gasteiger partial charge on any atom is -0.507 e. The van der Waals surface area contributed by atoms with Crippen LogP contribution < -0.4 is 4.74 Å². The molecule has 0 saturated heterocycles. The second-order valence-electron chi connectivity index (χ2n) is 4.46. The summed E-state index contributed by atoms with van der Waals surface area (Å²) in [5.74, 6) is 0.897. The lowest BCUT2D eigenvalue weighted by Crippen LogP contribution is -2.05. The third kappa shape index (κ3) is 2.64. The monoisotopic (exact) mass is 282 g/mol. The summed E-state index contributed by atoms with van der Waals surface area (Å²) in [5, 5.41) is 19.6. The molecule has 21 heavy (non-hydrogen) atoms. The Morgan fingerprint density at radius 1 is 0.952 bits per heavy atom. The first kappa shape index (κ1) is 13.3. The van der Waals surface area contributed by atoms with E-state index in [0.29, 0.717) is 17.3 Å². The van der Waals surface area contributed by atoms with Crippen molar-refractivity contribution in [2.45, 2.75) is 0 Å². The minimum atomic E-state index is -0.0930. The lowest BCUT2D eigenvalue weighted by atomic mass is 10.1. The van der Waals surface area contributed by atoms with E-state index in [2.05, 4.69) is 9.97 Å². The maximum absolute atomic E-state index is 9.94. The molecule has 1 heterocycles. The van der Waals surface area contributed by atoms with Crippen LogP contribution in [0.5, 0.6) is 11.6 Å². The number of phenolic OH excluding ortho intramolecular Hbond substituents is 1. The van der Waals surface area contributed by atoms with Gasteiger partial charge in [0.25, 0.3) is 0 Å². The van der Waals surface area contributed by atoms with Gasteiger partial charge in [-0.05, 0) is 24.3 Å². The van der Waals surface area contributed by atoms with Crippen LogP contribution in [-0.2, 0) is 0 Å². The molecule has 0 radical (unpaired) electrons. The van der Waals surface area contributed by atoms with Crippen LogP contribution in [0.3, 0.4) is 0 Å². The predicted molar refractivity (Wildman–Crippen MR) is 79.2 cm³/mol. The minimum absolute atomic E-state index is 0.0930. The standard InChI is InChI=1S/C16H14N2O3/c19-9-10-21-16-11-5-1-3-7-13(11)17-15(18-16)12-6-2-4-8-14(12)20/h1-8,19-20H,9-10H2. The van der Waals surface area contributed by atoms with Crippen molar-refractivity contribution in [3.8, 4) is 23.0 Å². The van der Waals surface area contributed by atoms with Crippen LogP contribution >= 0.6 is 0 Å². The van der Waals surface area contributed by atoms with Crippen LogP contribution in [0.25, 0.3) is 22.3 Å². The Balaban J connectivity index is 2.18. The number of aliphatic hydroxyl groups excluding tert-OH is 1. The molecule has 0 atom stereocenters. The topological polar surface area (TPSA) is 75.5 Å². The van der Waals surface area contributed by atoms with Crippen LogP contribution in [0, 0.1) is 0 Å². The molecule has 1 aromatic heterocycles. The van der Waals surface area contributed by atoms with Crippen molar-refractivity contribution in [2.24, 2.45) is 0 Å². The Bertz CT molecular complexity index is 774. The number of benzene rings is 2. The summed E-state index contributed by atoms with van der Waals surface area (Å²) < 4.78 is 5.49. The largest absolute Gasteiger partial charge is 0.507 e. The van der Waals surface area contributed by atoms with E-state index in [1.807, 2.05) is 30.3 Å². The Morgan fingerprint density at radius 3 is 2.52 bits per heavy atom. The van der Waals surface area contributed by atoms with Crippen molar-refractivity contribution in [1.82, 2.24) is 9.97 Å². The maximum Gasteiger partial charge on any atom is 0.225 e. The normalized spacial score (nSPS) is 10.7. The smallest absolute Gasteiger partial charge is 0.225 e. The summed E-state index contributed by atoms with van der Waals surface area (Å²) in [6.45, 7) is 0.0610. The number of ether oxygens (including phenoxy) is 1. The molecular formula is C16H14N2O3. The molecule has 0 saturated carbocycles. The highest BCUT2D eigenvalue weighted by atomic mass is 16.5. The van der Waals surface area contributed by atoms with Crippen molar-refractivity contribution in [2.75, 3.05) is 13.2 Å². The van der Waals surface area contributed by atoms with Gasteiger partial charge in [0, 0.05) is 0 Å². The van der Waals surface area contributed by atoms with Gasteiger partial charge in [0.1, 0.15) is 12.4 Å². The lowest BCUT2D eigenvalue weighted by Gasteiger charge is -2.10. The van der Waals surface area contributed by atoms with Gasteiger partial charge in [0.2, 0.25) is 5.88 Å². The van der Waals surface area contributed by atoms with Crippen LogP contribution in [0.15, 0.2) is 48.5 Å². The summed E-state index contributed by atoms with van der Waals surface area (Å²) >= 11 is 0. The van der Waals surface area contributed by atoms with Crippen molar-refractivity contribution in [1.29, 1.82) is 0 Å². The summed E-state index contributed by atoms with van der Waals surface area (Å²) in [4.78, 5) is 8.83. The fourth-order valence-corrected chi connectivity index (χ4v) is 2.08. The summed E-state index contributed by atoms with van der Waals surface area (Å²) in [5.41, 5.74) is 1.26. The molecule has 106 valence electrons. The molecule has 2 N–H and O–H groups in total. The summed E-state index contributed by atoms with van der Waals surface area (Å²) in [6.07, 6.45) is 0. The second kappa shape index (κ2) is 5.76. The number of nitrogens with zero attached hydrogens (tertiary/aromatic N) is 2. The van der Waals surface area contributed by atoms with Gasteiger partial charge in [-0.2, -0.15) is 4.98 Å². The molecule has 0 amide bonds. The second-order valence-corrected chi connectivity index (χ2v) is 4.46. The van der Waals surface area contributed by atoms with Crippen LogP contribution in [0.4, 0.5) is 0 Å². The highest BCUT2D eigenvalue weighted by Crippen LogP contribution is 2.30. The average Bonchev–Trinajstić information content (AvgIpc) is 2.53. The van der Waals surface area contributed by atoms with Gasteiger partial charge < -0.3 is 14.9 Å². The van der Waals surface area contributed by atoms with Crippen LogP contribution in [0.1, 0.15) is 0 Å². The first-order chi connectivity index (χ1) is 10.3. The van der Waals surface area contributed by atoms with Crippen LogP contribution in [-0.4, -0.2) is 33.4 Å². The van der Waals surface area contributed by atoms with Gasteiger partial charge in [-0.3, -0.25) is 0 Å². The SMILES string of the molecule is OCCOc1nc(-c2ccccc2O)nc2ccccc12. The molecule has 0 aliphatic rings. The molecule has 5 nitrogen and oxygen atoms in total. The van der Waals surface area contributed by atoms with Gasteiger partial charge in [-0.1, -0.05) is 24.3 Å². The first-order valence-corrected chi connectivity index (χ1v) is 6.58. The van der Waals surface area contributed by atoms with E-state index in [4.69, 9.17) is 9.84 Å². The zero-order valence-corrected chi connectivity index (χ0v) is 11.2. The highest BCUT2D eigenvalue weighted by Gasteiger charge is 2.12. The lowest BCUT2D eigenvalue weighted by molar-refractivity contribution is 0.198. The molecule has 0 aliphatic heterocycles. The van der Waals surface area contributed by atoms with E-state index in [1.54, 1.807) is 18.2 Å². The van der Waals surface area contributed by atoms with Crippen LogP contribution in [0.2, 0.25) is 0 Å². The number of aromatic nitrogens is 2. The van der Waals surface area contributed by atoms with Crippen molar-refractivity contribution >= 4 is 10.9 Å².